The number of carbonyl (C=O) groups is 1. The largest absolute Gasteiger partial charge is 0.494 e. The lowest BCUT2D eigenvalue weighted by molar-refractivity contribution is 0.0697. The molecule has 2 atom stereocenters. The molecule has 3 heterocycles. The van der Waals surface area contributed by atoms with Crippen LogP contribution < -0.4 is 15.0 Å². The Morgan fingerprint density at radius 3 is 2.50 bits per heavy atom. The minimum Gasteiger partial charge on any atom is -0.494 e. The van der Waals surface area contributed by atoms with Crippen molar-refractivity contribution < 1.29 is 14.6 Å². The number of rotatable bonds is 7. The highest BCUT2D eigenvalue weighted by Crippen LogP contribution is 2.44. The molecule has 1 aliphatic rings. The molecule has 7 nitrogen and oxygen atoms in total. The molecular weight excluding hydrogens is 496 g/mol. The van der Waals surface area contributed by atoms with Crippen LogP contribution in [0.5, 0.6) is 5.75 Å². The van der Waals surface area contributed by atoms with Gasteiger partial charge in [0.05, 0.1) is 29.9 Å². The van der Waals surface area contributed by atoms with Gasteiger partial charge in [0.15, 0.2) is 5.11 Å². The van der Waals surface area contributed by atoms with Crippen molar-refractivity contribution in [1.29, 1.82) is 0 Å². The van der Waals surface area contributed by atoms with Crippen molar-refractivity contribution in [1.82, 2.24) is 14.9 Å². The monoisotopic (exact) mass is 526 g/mol. The Kier molecular flexibility index (Phi) is 6.91. The highest BCUT2D eigenvalue weighted by atomic mass is 32.1. The van der Waals surface area contributed by atoms with Gasteiger partial charge in [0.25, 0.3) is 0 Å². The van der Waals surface area contributed by atoms with E-state index in [-0.39, 0.29) is 17.6 Å². The SMILES string of the molecule is CCOc1ccc(N2C(=S)N[C@@H](c3ccccn3)[C@H]2c2cc(C)n(-c3cc(C(=O)O)ccc3C)c2C)cc1. The fraction of sp³-hybridized carbons (Fsp3) is 0.233. The number of thiocarbonyl (C=S) groups is 1. The number of benzene rings is 2. The molecule has 0 bridgehead atoms. The number of nitrogens with one attached hydrogen (secondary N) is 1. The molecule has 38 heavy (non-hydrogen) atoms. The summed E-state index contributed by atoms with van der Waals surface area (Å²) in [7, 11) is 0. The Hall–Kier alpha value is -4.17. The van der Waals surface area contributed by atoms with Gasteiger partial charge in [-0.05, 0) is 106 Å². The number of aromatic carboxylic acids is 1. The Labute approximate surface area is 227 Å². The smallest absolute Gasteiger partial charge is 0.335 e. The fourth-order valence-corrected chi connectivity index (χ4v) is 5.61. The summed E-state index contributed by atoms with van der Waals surface area (Å²) in [4.78, 5) is 18.5. The summed E-state index contributed by atoms with van der Waals surface area (Å²) in [5.41, 5.74) is 7.04. The maximum Gasteiger partial charge on any atom is 0.335 e. The van der Waals surface area contributed by atoms with Crippen LogP contribution in [0.2, 0.25) is 0 Å². The summed E-state index contributed by atoms with van der Waals surface area (Å²) in [6, 6.07) is 20.9. The van der Waals surface area contributed by atoms with E-state index in [1.54, 1.807) is 18.3 Å². The number of carboxylic acids is 1. The van der Waals surface area contributed by atoms with E-state index in [0.717, 1.165) is 45.3 Å². The second kappa shape index (κ2) is 10.3. The summed E-state index contributed by atoms with van der Waals surface area (Å²) in [6.07, 6.45) is 1.79. The zero-order chi connectivity index (χ0) is 27.0. The van der Waals surface area contributed by atoms with Gasteiger partial charge in [-0.15, -0.1) is 0 Å². The summed E-state index contributed by atoms with van der Waals surface area (Å²) in [6.45, 7) is 8.67. The zero-order valence-corrected chi connectivity index (χ0v) is 22.6. The maximum absolute atomic E-state index is 11.7. The van der Waals surface area contributed by atoms with Gasteiger partial charge in [0, 0.05) is 29.0 Å². The molecule has 2 N–H and O–H groups in total. The summed E-state index contributed by atoms with van der Waals surface area (Å²) >= 11 is 5.89. The molecule has 0 saturated carbocycles. The van der Waals surface area contributed by atoms with Crippen LogP contribution in [0.15, 0.2) is 72.9 Å². The van der Waals surface area contributed by atoms with E-state index in [2.05, 4.69) is 32.8 Å². The third-order valence-electron chi connectivity index (χ3n) is 7.01. The lowest BCUT2D eigenvalue weighted by atomic mass is 9.96. The molecule has 4 aromatic rings. The average molecular weight is 527 g/mol. The number of pyridine rings is 1. The molecular formula is C30H30N4O3S. The van der Waals surface area contributed by atoms with E-state index in [4.69, 9.17) is 17.0 Å². The Morgan fingerprint density at radius 2 is 1.84 bits per heavy atom. The van der Waals surface area contributed by atoms with Crippen LogP contribution in [0.3, 0.4) is 0 Å². The van der Waals surface area contributed by atoms with E-state index >= 15 is 0 Å². The van der Waals surface area contributed by atoms with Crippen LogP contribution in [0.1, 0.15) is 57.6 Å². The predicted octanol–water partition coefficient (Wildman–Crippen LogP) is 6.07. The van der Waals surface area contributed by atoms with Gasteiger partial charge in [-0.1, -0.05) is 12.1 Å². The minimum atomic E-state index is -0.948. The van der Waals surface area contributed by atoms with E-state index in [0.29, 0.717) is 11.7 Å². The molecule has 5 rings (SSSR count). The van der Waals surface area contributed by atoms with E-state index in [1.807, 2.05) is 69.3 Å². The van der Waals surface area contributed by atoms with Crippen LogP contribution in [0, 0.1) is 20.8 Å². The molecule has 0 amide bonds. The van der Waals surface area contributed by atoms with Crippen LogP contribution in [-0.4, -0.2) is 32.3 Å². The number of hydrogen-bond donors (Lipinski definition) is 2. The van der Waals surface area contributed by atoms with Crippen LogP contribution >= 0.6 is 12.2 Å². The van der Waals surface area contributed by atoms with Gasteiger partial charge in [-0.3, -0.25) is 4.98 Å². The van der Waals surface area contributed by atoms with Crippen molar-refractivity contribution in [2.45, 2.75) is 39.8 Å². The van der Waals surface area contributed by atoms with E-state index < -0.39 is 5.97 Å². The molecule has 2 aromatic heterocycles. The maximum atomic E-state index is 11.7. The van der Waals surface area contributed by atoms with E-state index in [1.165, 1.54) is 0 Å². The van der Waals surface area contributed by atoms with Crippen molar-refractivity contribution in [3.8, 4) is 11.4 Å². The number of aryl methyl sites for hydroxylation is 2. The first-order valence-corrected chi connectivity index (χ1v) is 13.0. The highest BCUT2D eigenvalue weighted by Gasteiger charge is 2.42. The molecule has 8 heteroatoms. The Morgan fingerprint density at radius 1 is 1.08 bits per heavy atom. The molecule has 0 aliphatic carbocycles. The molecule has 0 unspecified atom stereocenters. The zero-order valence-electron chi connectivity index (χ0n) is 21.8. The van der Waals surface area contributed by atoms with Crippen LogP contribution in [0.4, 0.5) is 5.69 Å². The average Bonchev–Trinajstić information content (AvgIpc) is 3.40. The van der Waals surface area contributed by atoms with Crippen molar-refractivity contribution in [3.63, 3.8) is 0 Å². The second-order valence-electron chi connectivity index (χ2n) is 9.39. The number of ether oxygens (including phenoxy) is 1. The van der Waals surface area contributed by atoms with Gasteiger partial charge in [-0.2, -0.15) is 0 Å². The molecule has 1 fully saturated rings. The van der Waals surface area contributed by atoms with E-state index in [9.17, 15) is 9.90 Å². The van der Waals surface area contributed by atoms with Gasteiger partial charge < -0.3 is 24.6 Å². The fourth-order valence-electron chi connectivity index (χ4n) is 5.26. The molecule has 1 aliphatic heterocycles. The van der Waals surface area contributed by atoms with Crippen molar-refractivity contribution in [2.75, 3.05) is 11.5 Å². The first kappa shape index (κ1) is 25.5. The lowest BCUT2D eigenvalue weighted by Crippen LogP contribution is -2.29. The highest BCUT2D eigenvalue weighted by molar-refractivity contribution is 7.80. The summed E-state index contributed by atoms with van der Waals surface area (Å²) < 4.78 is 7.78. The number of carboxylic acid groups (broad SMARTS) is 1. The number of hydrogen-bond acceptors (Lipinski definition) is 4. The van der Waals surface area contributed by atoms with Gasteiger partial charge in [-0.25, -0.2) is 4.79 Å². The first-order valence-electron chi connectivity index (χ1n) is 12.6. The van der Waals surface area contributed by atoms with Crippen molar-refractivity contribution in [2.24, 2.45) is 0 Å². The Balaban J connectivity index is 1.66. The molecule has 0 radical (unpaired) electrons. The third kappa shape index (κ3) is 4.52. The summed E-state index contributed by atoms with van der Waals surface area (Å²) in [5.74, 6) is -0.143. The van der Waals surface area contributed by atoms with Crippen molar-refractivity contribution >= 4 is 29.0 Å². The van der Waals surface area contributed by atoms with Crippen LogP contribution in [-0.2, 0) is 0 Å². The first-order chi connectivity index (χ1) is 18.3. The quantitative estimate of drug-likeness (QED) is 0.283. The van der Waals surface area contributed by atoms with Gasteiger partial charge in [0.1, 0.15) is 5.75 Å². The lowest BCUT2D eigenvalue weighted by Gasteiger charge is -2.28. The van der Waals surface area contributed by atoms with Gasteiger partial charge in [0.2, 0.25) is 0 Å². The number of aromatic nitrogens is 2. The number of nitrogens with zero attached hydrogens (tertiary/aromatic N) is 3. The minimum absolute atomic E-state index is 0.182. The molecule has 2 aromatic carbocycles. The van der Waals surface area contributed by atoms with Gasteiger partial charge >= 0.3 is 5.97 Å². The normalized spacial score (nSPS) is 16.9. The molecule has 194 valence electrons. The molecule has 1 saturated heterocycles. The molecule has 0 spiro atoms. The Bertz CT molecular complexity index is 1500. The van der Waals surface area contributed by atoms with Crippen LogP contribution in [0.25, 0.3) is 5.69 Å². The van der Waals surface area contributed by atoms with Crippen molar-refractivity contribution in [3.05, 3.63) is 107 Å². The third-order valence-corrected chi connectivity index (χ3v) is 7.32. The standard InChI is InChI=1S/C30H30N4O3S/c1-5-37-23-13-11-22(12-14-23)34-28(27(32-30(34)38)25-8-6-7-15-31-25)24-16-19(3)33(20(24)4)26-17-21(29(35)36)10-9-18(26)2/h6-17,27-28H,5H2,1-4H3,(H,32,38)(H,35,36)/t27-,28+/m0/s1. The topological polar surface area (TPSA) is 79.6 Å². The number of anilines is 1. The second-order valence-corrected chi connectivity index (χ2v) is 9.78. The summed E-state index contributed by atoms with van der Waals surface area (Å²) in [5, 5.41) is 13.7. The predicted molar refractivity (Wildman–Crippen MR) is 152 cm³/mol.